The highest BCUT2D eigenvalue weighted by molar-refractivity contribution is 5.84. The van der Waals surface area contributed by atoms with Crippen LogP contribution in [-0.4, -0.2) is 59.1 Å². The maximum absolute atomic E-state index is 12.6. The Labute approximate surface area is 107 Å². The van der Waals surface area contributed by atoms with Gasteiger partial charge in [-0.2, -0.15) is 5.10 Å². The lowest BCUT2D eigenvalue weighted by atomic mass is 9.86. The molecule has 0 aromatic carbocycles. The number of aromatic nitrogens is 2. The first-order chi connectivity index (χ1) is 8.75. The van der Waals surface area contributed by atoms with E-state index in [2.05, 4.69) is 22.1 Å². The molecule has 98 valence electrons. The van der Waals surface area contributed by atoms with E-state index in [9.17, 15) is 4.79 Å². The van der Waals surface area contributed by atoms with E-state index in [1.165, 1.54) is 0 Å². The number of hydrogen-bond acceptors (Lipinski definition) is 3. The molecule has 1 atom stereocenters. The first-order valence-electron chi connectivity index (χ1n) is 6.75. The molecule has 1 amide bonds. The standard InChI is InChI=1S/C13H20N4O/c1-16-5-7-17(8-6-16)13(18)10-3-2-4-12-11(10)9-14-15-12/h9-10H,2-8H2,1H3,(H,14,15). The van der Waals surface area contributed by atoms with Crippen molar-refractivity contribution in [3.05, 3.63) is 17.5 Å². The zero-order valence-electron chi connectivity index (χ0n) is 10.9. The van der Waals surface area contributed by atoms with Crippen molar-refractivity contribution in [2.24, 2.45) is 0 Å². The number of fused-ring (bicyclic) bond motifs is 1. The van der Waals surface area contributed by atoms with E-state index in [0.29, 0.717) is 5.91 Å². The SMILES string of the molecule is CN1CCN(C(=O)C2CCCc3[nH]ncc32)CC1. The van der Waals surface area contributed by atoms with Crippen molar-refractivity contribution in [1.29, 1.82) is 0 Å². The quantitative estimate of drug-likeness (QED) is 0.792. The lowest BCUT2D eigenvalue weighted by Gasteiger charge is -2.35. The Balaban J connectivity index is 1.74. The first-order valence-corrected chi connectivity index (χ1v) is 6.75. The van der Waals surface area contributed by atoms with Gasteiger partial charge in [-0.1, -0.05) is 0 Å². The van der Waals surface area contributed by atoms with Crippen LogP contribution in [0.25, 0.3) is 0 Å². The second-order valence-electron chi connectivity index (χ2n) is 5.38. The molecule has 0 radical (unpaired) electrons. The summed E-state index contributed by atoms with van der Waals surface area (Å²) in [6.07, 6.45) is 4.92. The molecule has 1 saturated heterocycles. The molecule has 5 heteroatoms. The summed E-state index contributed by atoms with van der Waals surface area (Å²) in [6, 6.07) is 0. The van der Waals surface area contributed by atoms with Gasteiger partial charge in [0.2, 0.25) is 5.91 Å². The van der Waals surface area contributed by atoms with E-state index in [1.807, 2.05) is 11.1 Å². The molecular formula is C13H20N4O. The lowest BCUT2D eigenvalue weighted by molar-refractivity contribution is -0.134. The monoisotopic (exact) mass is 248 g/mol. The molecule has 1 N–H and O–H groups in total. The smallest absolute Gasteiger partial charge is 0.230 e. The maximum atomic E-state index is 12.6. The van der Waals surface area contributed by atoms with Crippen molar-refractivity contribution in [3.63, 3.8) is 0 Å². The summed E-state index contributed by atoms with van der Waals surface area (Å²) in [5.41, 5.74) is 2.29. The fraction of sp³-hybridized carbons (Fsp3) is 0.692. The van der Waals surface area contributed by atoms with E-state index in [0.717, 1.165) is 56.7 Å². The first kappa shape index (κ1) is 11.7. The van der Waals surface area contributed by atoms with Crippen LogP contribution in [0.4, 0.5) is 0 Å². The van der Waals surface area contributed by atoms with Gasteiger partial charge in [0.25, 0.3) is 0 Å². The number of aryl methyl sites for hydroxylation is 1. The predicted octanol–water partition coefficient (Wildman–Crippen LogP) is 0.604. The van der Waals surface area contributed by atoms with Crippen LogP contribution in [0.15, 0.2) is 6.20 Å². The average molecular weight is 248 g/mol. The highest BCUT2D eigenvalue weighted by Gasteiger charge is 2.32. The molecule has 0 bridgehead atoms. The van der Waals surface area contributed by atoms with E-state index < -0.39 is 0 Å². The number of H-pyrrole nitrogens is 1. The summed E-state index contributed by atoms with van der Waals surface area (Å²) in [7, 11) is 2.11. The number of carbonyl (C=O) groups excluding carboxylic acids is 1. The number of aromatic amines is 1. The fourth-order valence-corrected chi connectivity index (χ4v) is 2.96. The highest BCUT2D eigenvalue weighted by Crippen LogP contribution is 2.31. The summed E-state index contributed by atoms with van der Waals surface area (Å²) >= 11 is 0. The second-order valence-corrected chi connectivity index (χ2v) is 5.38. The molecule has 5 nitrogen and oxygen atoms in total. The van der Waals surface area contributed by atoms with Crippen LogP contribution in [0.5, 0.6) is 0 Å². The third kappa shape index (κ3) is 2.03. The van der Waals surface area contributed by atoms with Crippen LogP contribution in [0.3, 0.4) is 0 Å². The van der Waals surface area contributed by atoms with Crippen LogP contribution in [0, 0.1) is 0 Å². The third-order valence-electron chi connectivity index (χ3n) is 4.16. The Hall–Kier alpha value is -1.36. The number of likely N-dealkylation sites (N-methyl/N-ethyl adjacent to an activating group) is 1. The summed E-state index contributed by atoms with van der Waals surface area (Å²) in [6.45, 7) is 3.69. The van der Waals surface area contributed by atoms with Gasteiger partial charge >= 0.3 is 0 Å². The minimum absolute atomic E-state index is 0.0379. The highest BCUT2D eigenvalue weighted by atomic mass is 16.2. The average Bonchev–Trinajstić information content (AvgIpc) is 2.87. The van der Waals surface area contributed by atoms with Gasteiger partial charge in [0.05, 0.1) is 12.1 Å². The number of nitrogens with zero attached hydrogens (tertiary/aromatic N) is 3. The molecule has 1 aromatic heterocycles. The molecule has 2 heterocycles. The van der Waals surface area contributed by atoms with Crippen molar-refractivity contribution < 1.29 is 4.79 Å². The molecule has 3 rings (SSSR count). The van der Waals surface area contributed by atoms with E-state index >= 15 is 0 Å². The van der Waals surface area contributed by atoms with Crippen LogP contribution in [0.2, 0.25) is 0 Å². The predicted molar refractivity (Wildman–Crippen MR) is 68.3 cm³/mol. The number of carbonyl (C=O) groups is 1. The van der Waals surface area contributed by atoms with Crippen molar-refractivity contribution in [2.45, 2.75) is 25.2 Å². The zero-order valence-corrected chi connectivity index (χ0v) is 10.9. The summed E-state index contributed by atoms with van der Waals surface area (Å²) in [5.74, 6) is 0.335. The van der Waals surface area contributed by atoms with Gasteiger partial charge in [0.15, 0.2) is 0 Å². The zero-order chi connectivity index (χ0) is 12.5. The molecule has 2 aliphatic rings. The van der Waals surface area contributed by atoms with Crippen LogP contribution < -0.4 is 0 Å². The lowest BCUT2D eigenvalue weighted by Crippen LogP contribution is -2.48. The van der Waals surface area contributed by atoms with Crippen molar-refractivity contribution in [1.82, 2.24) is 20.0 Å². The molecule has 1 fully saturated rings. The van der Waals surface area contributed by atoms with E-state index in [-0.39, 0.29) is 5.92 Å². The summed E-state index contributed by atoms with van der Waals surface area (Å²) in [5, 5.41) is 7.11. The van der Waals surface area contributed by atoms with Crippen molar-refractivity contribution in [3.8, 4) is 0 Å². The topological polar surface area (TPSA) is 52.2 Å². The largest absolute Gasteiger partial charge is 0.340 e. The van der Waals surface area contributed by atoms with Crippen molar-refractivity contribution in [2.75, 3.05) is 33.2 Å². The molecule has 1 aliphatic carbocycles. The van der Waals surface area contributed by atoms with Gasteiger partial charge in [-0.05, 0) is 26.3 Å². The molecule has 0 spiro atoms. The van der Waals surface area contributed by atoms with Crippen LogP contribution >= 0.6 is 0 Å². The molecule has 1 aliphatic heterocycles. The summed E-state index contributed by atoms with van der Waals surface area (Å²) < 4.78 is 0. The normalized spacial score (nSPS) is 24.9. The molecule has 0 saturated carbocycles. The Bertz CT molecular complexity index is 434. The van der Waals surface area contributed by atoms with Crippen LogP contribution in [0.1, 0.15) is 30.0 Å². The third-order valence-corrected chi connectivity index (χ3v) is 4.16. The van der Waals surface area contributed by atoms with Gasteiger partial charge in [-0.15, -0.1) is 0 Å². The Morgan fingerprint density at radius 3 is 2.94 bits per heavy atom. The van der Waals surface area contributed by atoms with Gasteiger partial charge in [0.1, 0.15) is 0 Å². The molecule has 1 unspecified atom stereocenters. The van der Waals surface area contributed by atoms with E-state index in [4.69, 9.17) is 0 Å². The number of hydrogen-bond donors (Lipinski definition) is 1. The number of nitrogens with one attached hydrogen (secondary N) is 1. The summed E-state index contributed by atoms with van der Waals surface area (Å²) in [4.78, 5) is 16.9. The second kappa shape index (κ2) is 4.72. The van der Waals surface area contributed by atoms with Gasteiger partial charge in [-0.3, -0.25) is 9.89 Å². The Morgan fingerprint density at radius 2 is 2.17 bits per heavy atom. The van der Waals surface area contributed by atoms with Gasteiger partial charge in [-0.25, -0.2) is 0 Å². The Kier molecular flexibility index (Phi) is 3.07. The molecule has 18 heavy (non-hydrogen) atoms. The van der Waals surface area contributed by atoms with Gasteiger partial charge < -0.3 is 9.80 Å². The number of rotatable bonds is 1. The van der Waals surface area contributed by atoms with Crippen LogP contribution in [-0.2, 0) is 11.2 Å². The number of amides is 1. The maximum Gasteiger partial charge on any atom is 0.230 e. The number of piperazine rings is 1. The van der Waals surface area contributed by atoms with E-state index in [1.54, 1.807) is 0 Å². The Morgan fingerprint density at radius 1 is 1.39 bits per heavy atom. The molecular weight excluding hydrogens is 228 g/mol. The fourth-order valence-electron chi connectivity index (χ4n) is 2.96. The minimum Gasteiger partial charge on any atom is -0.340 e. The van der Waals surface area contributed by atoms with Gasteiger partial charge in [0, 0.05) is 37.4 Å². The van der Waals surface area contributed by atoms with Crippen molar-refractivity contribution >= 4 is 5.91 Å². The minimum atomic E-state index is 0.0379. The molecule has 1 aromatic rings.